The standard InChI is InChI=1S/C16H21F2NO4S/c1-23-16(20)14(10-11-6-3-2-4-7-11)19-24(21,22)15-12(17)8-5-9-13(15)18/h5,8-9,11,14,19H,2-4,6-7,10H2,1H3. The van der Waals surface area contributed by atoms with E-state index in [9.17, 15) is 22.0 Å². The molecule has 0 bridgehead atoms. The predicted molar refractivity (Wildman–Crippen MR) is 83.7 cm³/mol. The number of rotatable bonds is 6. The first-order valence-corrected chi connectivity index (χ1v) is 9.37. The Kier molecular flexibility index (Phi) is 6.28. The molecule has 1 aliphatic rings. The summed E-state index contributed by atoms with van der Waals surface area (Å²) in [6.07, 6.45) is 5.20. The van der Waals surface area contributed by atoms with Crippen molar-refractivity contribution in [3.63, 3.8) is 0 Å². The Morgan fingerprint density at radius 1 is 1.25 bits per heavy atom. The van der Waals surface area contributed by atoms with Crippen LogP contribution in [0.5, 0.6) is 0 Å². The van der Waals surface area contributed by atoms with Crippen molar-refractivity contribution in [1.29, 1.82) is 0 Å². The number of carbonyl (C=O) groups excluding carboxylic acids is 1. The quantitative estimate of drug-likeness (QED) is 0.791. The Balaban J connectivity index is 2.22. The van der Waals surface area contributed by atoms with Gasteiger partial charge in [-0.15, -0.1) is 0 Å². The van der Waals surface area contributed by atoms with E-state index >= 15 is 0 Å². The molecule has 8 heteroatoms. The molecule has 0 amide bonds. The maximum Gasteiger partial charge on any atom is 0.323 e. The van der Waals surface area contributed by atoms with Gasteiger partial charge < -0.3 is 4.74 Å². The van der Waals surface area contributed by atoms with Crippen molar-refractivity contribution >= 4 is 16.0 Å². The van der Waals surface area contributed by atoms with E-state index in [1.54, 1.807) is 0 Å². The lowest BCUT2D eigenvalue weighted by Crippen LogP contribution is -2.43. The van der Waals surface area contributed by atoms with Crippen molar-refractivity contribution < 1.29 is 26.7 Å². The lowest BCUT2D eigenvalue weighted by Gasteiger charge is -2.25. The van der Waals surface area contributed by atoms with Crippen LogP contribution < -0.4 is 4.72 Å². The number of hydrogen-bond donors (Lipinski definition) is 1. The number of esters is 1. The van der Waals surface area contributed by atoms with Gasteiger partial charge in [0.1, 0.15) is 17.7 Å². The summed E-state index contributed by atoms with van der Waals surface area (Å²) in [7, 11) is -3.38. The molecule has 134 valence electrons. The third kappa shape index (κ3) is 4.51. The van der Waals surface area contributed by atoms with Crippen LogP contribution in [0.4, 0.5) is 8.78 Å². The minimum absolute atomic E-state index is 0.177. The van der Waals surface area contributed by atoms with Gasteiger partial charge in [-0.25, -0.2) is 17.2 Å². The van der Waals surface area contributed by atoms with Crippen LogP contribution in [0.15, 0.2) is 23.1 Å². The molecular weight excluding hydrogens is 340 g/mol. The van der Waals surface area contributed by atoms with Crippen LogP contribution in [0.2, 0.25) is 0 Å². The van der Waals surface area contributed by atoms with Gasteiger partial charge in [0.2, 0.25) is 10.0 Å². The van der Waals surface area contributed by atoms with Crippen molar-refractivity contribution in [3.8, 4) is 0 Å². The molecule has 1 atom stereocenters. The average Bonchev–Trinajstić information content (AvgIpc) is 2.54. The number of carbonyl (C=O) groups is 1. The second-order valence-corrected chi connectivity index (χ2v) is 7.64. The second kappa shape index (κ2) is 8.02. The lowest BCUT2D eigenvalue weighted by atomic mass is 9.85. The topological polar surface area (TPSA) is 72.5 Å². The Bertz CT molecular complexity index is 667. The van der Waals surface area contributed by atoms with Crippen molar-refractivity contribution in [2.75, 3.05) is 7.11 Å². The first-order chi connectivity index (χ1) is 11.3. The zero-order valence-electron chi connectivity index (χ0n) is 13.4. The molecule has 1 saturated carbocycles. The summed E-state index contributed by atoms with van der Waals surface area (Å²) in [5.41, 5.74) is 0. The Labute approximate surface area is 140 Å². The van der Waals surface area contributed by atoms with Crippen LogP contribution in [0.25, 0.3) is 0 Å². The van der Waals surface area contributed by atoms with Crippen molar-refractivity contribution in [2.24, 2.45) is 5.92 Å². The average molecular weight is 361 g/mol. The number of benzene rings is 1. The van der Waals surface area contributed by atoms with Crippen LogP contribution in [-0.2, 0) is 19.6 Å². The summed E-state index contributed by atoms with van der Waals surface area (Å²) >= 11 is 0. The maximum absolute atomic E-state index is 13.8. The summed E-state index contributed by atoms with van der Waals surface area (Å²) in [6, 6.07) is 1.61. The summed E-state index contributed by atoms with van der Waals surface area (Å²) in [5, 5.41) is 0. The van der Waals surface area contributed by atoms with Crippen molar-refractivity contribution in [3.05, 3.63) is 29.8 Å². The summed E-state index contributed by atoms with van der Waals surface area (Å²) in [6.45, 7) is 0. The van der Waals surface area contributed by atoms with Gasteiger partial charge in [0.15, 0.2) is 4.90 Å². The number of ether oxygens (including phenoxy) is 1. The monoisotopic (exact) mass is 361 g/mol. The Morgan fingerprint density at radius 3 is 2.38 bits per heavy atom. The fraction of sp³-hybridized carbons (Fsp3) is 0.562. The highest BCUT2D eigenvalue weighted by Gasteiger charge is 2.32. The van der Waals surface area contributed by atoms with E-state index in [-0.39, 0.29) is 12.3 Å². The molecule has 0 heterocycles. The fourth-order valence-electron chi connectivity index (χ4n) is 3.08. The van der Waals surface area contributed by atoms with Gasteiger partial charge in [0.25, 0.3) is 0 Å². The lowest BCUT2D eigenvalue weighted by molar-refractivity contribution is -0.143. The molecule has 0 saturated heterocycles. The molecule has 1 unspecified atom stereocenters. The second-order valence-electron chi connectivity index (χ2n) is 5.99. The van der Waals surface area contributed by atoms with E-state index in [1.807, 2.05) is 0 Å². The summed E-state index contributed by atoms with van der Waals surface area (Å²) in [5.74, 6) is -3.00. The number of halogens is 2. The highest BCUT2D eigenvalue weighted by atomic mass is 32.2. The molecule has 1 fully saturated rings. The molecule has 1 aromatic carbocycles. The molecule has 0 aromatic heterocycles. The molecule has 1 aromatic rings. The van der Waals surface area contributed by atoms with Crippen LogP contribution >= 0.6 is 0 Å². The van der Waals surface area contributed by atoms with Crippen LogP contribution in [0.3, 0.4) is 0 Å². The summed E-state index contributed by atoms with van der Waals surface area (Å²) < 4.78 is 59.0. The SMILES string of the molecule is COC(=O)C(CC1CCCCC1)NS(=O)(=O)c1c(F)cccc1F. The third-order valence-corrected chi connectivity index (χ3v) is 5.79. The van der Waals surface area contributed by atoms with Crippen LogP contribution in [0.1, 0.15) is 38.5 Å². The van der Waals surface area contributed by atoms with E-state index in [4.69, 9.17) is 0 Å². The smallest absolute Gasteiger partial charge is 0.323 e. The minimum Gasteiger partial charge on any atom is -0.468 e. The number of nitrogens with one attached hydrogen (secondary N) is 1. The predicted octanol–water partition coefficient (Wildman–Crippen LogP) is 2.76. The van der Waals surface area contributed by atoms with Gasteiger partial charge in [-0.1, -0.05) is 38.2 Å². The molecule has 24 heavy (non-hydrogen) atoms. The van der Waals surface area contributed by atoms with E-state index < -0.39 is 38.6 Å². The van der Waals surface area contributed by atoms with Gasteiger partial charge in [-0.2, -0.15) is 4.72 Å². The molecule has 2 rings (SSSR count). The van der Waals surface area contributed by atoms with Crippen molar-refractivity contribution in [2.45, 2.75) is 49.5 Å². The number of hydrogen-bond acceptors (Lipinski definition) is 4. The molecule has 0 aliphatic heterocycles. The minimum atomic E-state index is -4.53. The third-order valence-electron chi connectivity index (χ3n) is 4.26. The van der Waals surface area contributed by atoms with Crippen molar-refractivity contribution in [1.82, 2.24) is 4.72 Å². The fourth-order valence-corrected chi connectivity index (χ4v) is 4.41. The number of methoxy groups -OCH3 is 1. The van der Waals surface area contributed by atoms with Crippen LogP contribution in [0, 0.1) is 17.6 Å². The zero-order chi connectivity index (χ0) is 17.7. The maximum atomic E-state index is 13.8. The van der Waals surface area contributed by atoms with E-state index in [1.165, 1.54) is 0 Å². The largest absolute Gasteiger partial charge is 0.468 e. The van der Waals surface area contributed by atoms with Gasteiger partial charge in [0, 0.05) is 0 Å². The van der Waals surface area contributed by atoms with Gasteiger partial charge in [0.05, 0.1) is 7.11 Å². The summed E-state index contributed by atoms with van der Waals surface area (Å²) in [4.78, 5) is 10.8. The van der Waals surface area contributed by atoms with Crippen LogP contribution in [-0.4, -0.2) is 27.5 Å². The number of sulfonamides is 1. The zero-order valence-corrected chi connectivity index (χ0v) is 14.2. The highest BCUT2D eigenvalue weighted by Crippen LogP contribution is 2.28. The molecule has 0 spiro atoms. The van der Waals surface area contributed by atoms with E-state index in [0.717, 1.165) is 57.4 Å². The van der Waals surface area contributed by atoms with Gasteiger partial charge >= 0.3 is 5.97 Å². The molecular formula is C16H21F2NO4S. The molecule has 1 aliphatic carbocycles. The van der Waals surface area contributed by atoms with E-state index in [2.05, 4.69) is 9.46 Å². The normalized spacial score (nSPS) is 17.5. The Hall–Kier alpha value is -1.54. The molecule has 0 radical (unpaired) electrons. The van der Waals surface area contributed by atoms with E-state index in [0.29, 0.717) is 0 Å². The van der Waals surface area contributed by atoms with Gasteiger partial charge in [-0.05, 0) is 24.5 Å². The molecule has 5 nitrogen and oxygen atoms in total. The first-order valence-electron chi connectivity index (χ1n) is 7.89. The van der Waals surface area contributed by atoms with Gasteiger partial charge in [-0.3, -0.25) is 4.79 Å². The first kappa shape index (κ1) is 18.8. The molecule has 1 N–H and O–H groups in total. The highest BCUT2D eigenvalue weighted by molar-refractivity contribution is 7.89. The Morgan fingerprint density at radius 2 is 1.83 bits per heavy atom.